The summed E-state index contributed by atoms with van der Waals surface area (Å²) in [6.45, 7) is 5.66. The summed E-state index contributed by atoms with van der Waals surface area (Å²) >= 11 is 1.47. The third-order valence-corrected chi connectivity index (χ3v) is 4.99. The van der Waals surface area contributed by atoms with E-state index >= 15 is 0 Å². The molecule has 0 fully saturated rings. The van der Waals surface area contributed by atoms with Crippen LogP contribution in [0.2, 0.25) is 0 Å². The Morgan fingerprint density at radius 1 is 1.19 bits per heavy atom. The predicted octanol–water partition coefficient (Wildman–Crippen LogP) is 1.43. The van der Waals surface area contributed by atoms with Crippen LogP contribution < -0.4 is 10.0 Å². The van der Waals surface area contributed by atoms with Crippen LogP contribution in [0.3, 0.4) is 0 Å². The van der Waals surface area contributed by atoms with Gasteiger partial charge in [-0.05, 0) is 25.1 Å². The van der Waals surface area contributed by atoms with Crippen molar-refractivity contribution in [3.63, 3.8) is 0 Å². The molecule has 2 heterocycles. The van der Waals surface area contributed by atoms with Gasteiger partial charge in [-0.2, -0.15) is 0 Å². The van der Waals surface area contributed by atoms with Crippen molar-refractivity contribution in [2.24, 2.45) is 0 Å². The molecule has 0 bridgehead atoms. The second-order valence-corrected chi connectivity index (χ2v) is 7.49. The lowest BCUT2D eigenvalue weighted by molar-refractivity contribution is 0.577. The highest BCUT2D eigenvalue weighted by molar-refractivity contribution is 7.89. The maximum Gasteiger partial charge on any atom is 0.258 e. The molecule has 2 aromatic heterocycles. The molecule has 2 aromatic rings. The van der Waals surface area contributed by atoms with Crippen LogP contribution in [0.15, 0.2) is 29.6 Å². The summed E-state index contributed by atoms with van der Waals surface area (Å²) in [5.74, 6) is 0. The predicted molar refractivity (Wildman–Crippen MR) is 82.5 cm³/mol. The monoisotopic (exact) mass is 326 g/mol. The Bertz CT molecular complexity index is 680. The van der Waals surface area contributed by atoms with Crippen molar-refractivity contribution in [1.82, 2.24) is 20.0 Å². The zero-order valence-corrected chi connectivity index (χ0v) is 13.6. The fourth-order valence-corrected chi connectivity index (χ4v) is 3.43. The summed E-state index contributed by atoms with van der Waals surface area (Å²) in [6, 6.07) is 3.29. The van der Waals surface area contributed by atoms with E-state index in [1.165, 1.54) is 17.4 Å². The molecule has 0 atom stereocenters. The maximum absolute atomic E-state index is 12.1. The van der Waals surface area contributed by atoms with Gasteiger partial charge in [-0.3, -0.25) is 0 Å². The molecule has 6 nitrogen and oxygen atoms in total. The number of nitrogens with zero attached hydrogens (tertiary/aromatic N) is 2. The highest BCUT2D eigenvalue weighted by Crippen LogP contribution is 2.13. The first kappa shape index (κ1) is 16.0. The van der Waals surface area contributed by atoms with Crippen LogP contribution in [-0.2, 0) is 23.1 Å². The Balaban J connectivity index is 2.01. The van der Waals surface area contributed by atoms with E-state index in [-0.39, 0.29) is 11.6 Å². The van der Waals surface area contributed by atoms with Gasteiger partial charge in [0.2, 0.25) is 0 Å². The first-order chi connectivity index (χ1) is 10.0. The smallest absolute Gasteiger partial charge is 0.258 e. The molecule has 2 N–H and O–H groups in total. The molecule has 0 aliphatic heterocycles. The van der Waals surface area contributed by atoms with Gasteiger partial charge >= 0.3 is 0 Å². The molecule has 0 aromatic carbocycles. The Hall–Kier alpha value is -1.35. The largest absolute Gasteiger partial charge is 0.313 e. The van der Waals surface area contributed by atoms with Crippen molar-refractivity contribution in [3.05, 3.63) is 40.0 Å². The van der Waals surface area contributed by atoms with E-state index in [1.54, 1.807) is 18.5 Å². The number of nitrogens with one attached hydrogen (secondary N) is 2. The highest BCUT2D eigenvalue weighted by atomic mass is 32.2. The van der Waals surface area contributed by atoms with Gasteiger partial charge in [0, 0.05) is 30.4 Å². The van der Waals surface area contributed by atoms with E-state index in [0.717, 1.165) is 22.0 Å². The van der Waals surface area contributed by atoms with Crippen molar-refractivity contribution in [2.45, 2.75) is 32.0 Å². The fourth-order valence-electron chi connectivity index (χ4n) is 1.67. The number of rotatable bonds is 7. The Morgan fingerprint density at radius 2 is 2.00 bits per heavy atom. The normalized spacial score (nSPS) is 11.7. The molecule has 114 valence electrons. The van der Waals surface area contributed by atoms with Gasteiger partial charge in [-0.25, -0.2) is 23.1 Å². The number of hydrogen-bond acceptors (Lipinski definition) is 6. The van der Waals surface area contributed by atoms with E-state index in [1.807, 2.05) is 13.8 Å². The van der Waals surface area contributed by atoms with Gasteiger partial charge in [0.25, 0.3) is 10.0 Å². The molecule has 0 aliphatic carbocycles. The third kappa shape index (κ3) is 4.57. The number of hydrogen-bond donors (Lipinski definition) is 2. The molecule has 0 saturated heterocycles. The first-order valence-electron chi connectivity index (χ1n) is 6.58. The lowest BCUT2D eigenvalue weighted by Gasteiger charge is -2.06. The van der Waals surface area contributed by atoms with E-state index in [2.05, 4.69) is 20.0 Å². The third-order valence-electron chi connectivity index (χ3n) is 2.76. The Labute approximate surface area is 128 Å². The van der Waals surface area contributed by atoms with Gasteiger partial charge in [-0.15, -0.1) is 11.3 Å². The average molecular weight is 326 g/mol. The molecule has 0 amide bonds. The summed E-state index contributed by atoms with van der Waals surface area (Å²) in [7, 11) is -3.59. The zero-order chi connectivity index (χ0) is 15.3. The van der Waals surface area contributed by atoms with Crippen LogP contribution in [0.4, 0.5) is 0 Å². The van der Waals surface area contributed by atoms with Crippen molar-refractivity contribution in [2.75, 3.05) is 6.54 Å². The quantitative estimate of drug-likeness (QED) is 0.804. The van der Waals surface area contributed by atoms with Crippen LogP contribution in [-0.4, -0.2) is 24.9 Å². The molecule has 21 heavy (non-hydrogen) atoms. The zero-order valence-electron chi connectivity index (χ0n) is 12.0. The summed E-state index contributed by atoms with van der Waals surface area (Å²) in [5.41, 5.74) is 0.953. The molecular formula is C13H18N4O2S2. The van der Waals surface area contributed by atoms with Crippen molar-refractivity contribution in [3.8, 4) is 0 Å². The maximum atomic E-state index is 12.1. The Kier molecular flexibility index (Phi) is 5.40. The van der Waals surface area contributed by atoms with Crippen molar-refractivity contribution in [1.29, 1.82) is 0 Å². The molecule has 0 spiro atoms. The SMILES string of the molecule is CCNCc1ccc(S(=O)(=O)NCc2cnc(C)s2)nc1. The van der Waals surface area contributed by atoms with Gasteiger partial charge in [-0.1, -0.05) is 13.0 Å². The molecule has 0 radical (unpaired) electrons. The summed E-state index contributed by atoms with van der Waals surface area (Å²) in [4.78, 5) is 8.98. The second-order valence-electron chi connectivity index (χ2n) is 4.46. The standard InChI is InChI=1S/C13H18N4O2S2/c1-3-14-6-11-4-5-13(16-7-11)21(18,19)17-9-12-8-15-10(2)20-12/h4-5,7-8,14,17H,3,6,9H2,1-2H3. The minimum Gasteiger partial charge on any atom is -0.313 e. The van der Waals surface area contributed by atoms with Crippen LogP contribution in [0.25, 0.3) is 0 Å². The van der Waals surface area contributed by atoms with Crippen LogP contribution in [0, 0.1) is 6.92 Å². The summed E-state index contributed by atoms with van der Waals surface area (Å²) in [5, 5.41) is 4.10. The number of thiazole rings is 1. The van der Waals surface area contributed by atoms with Gasteiger partial charge in [0.05, 0.1) is 5.01 Å². The molecule has 0 unspecified atom stereocenters. The van der Waals surface area contributed by atoms with Crippen LogP contribution in [0.1, 0.15) is 22.4 Å². The van der Waals surface area contributed by atoms with Crippen LogP contribution >= 0.6 is 11.3 Å². The lowest BCUT2D eigenvalue weighted by atomic mass is 10.3. The number of aryl methyl sites for hydroxylation is 1. The number of aromatic nitrogens is 2. The number of sulfonamides is 1. The fraction of sp³-hybridized carbons (Fsp3) is 0.385. The van der Waals surface area contributed by atoms with Gasteiger partial charge < -0.3 is 5.32 Å². The van der Waals surface area contributed by atoms with Gasteiger partial charge in [0.1, 0.15) is 0 Å². The molecule has 0 aliphatic rings. The molecular weight excluding hydrogens is 308 g/mol. The minimum atomic E-state index is -3.59. The van der Waals surface area contributed by atoms with Crippen molar-refractivity contribution >= 4 is 21.4 Å². The number of pyridine rings is 1. The molecule has 0 saturated carbocycles. The van der Waals surface area contributed by atoms with Crippen molar-refractivity contribution < 1.29 is 8.42 Å². The van der Waals surface area contributed by atoms with E-state index in [0.29, 0.717) is 6.54 Å². The molecule has 8 heteroatoms. The topological polar surface area (TPSA) is 84.0 Å². The van der Waals surface area contributed by atoms with E-state index in [9.17, 15) is 8.42 Å². The summed E-state index contributed by atoms with van der Waals surface area (Å²) in [6.07, 6.45) is 3.25. The summed E-state index contributed by atoms with van der Waals surface area (Å²) < 4.78 is 26.8. The van der Waals surface area contributed by atoms with E-state index < -0.39 is 10.0 Å². The highest BCUT2D eigenvalue weighted by Gasteiger charge is 2.15. The lowest BCUT2D eigenvalue weighted by Crippen LogP contribution is -2.24. The Morgan fingerprint density at radius 3 is 2.57 bits per heavy atom. The first-order valence-corrected chi connectivity index (χ1v) is 8.88. The average Bonchev–Trinajstić information content (AvgIpc) is 2.89. The molecule has 2 rings (SSSR count). The van der Waals surface area contributed by atoms with E-state index in [4.69, 9.17) is 0 Å². The second kappa shape index (κ2) is 7.08. The minimum absolute atomic E-state index is 0.0315. The van der Waals surface area contributed by atoms with Gasteiger partial charge in [0.15, 0.2) is 5.03 Å². The van der Waals surface area contributed by atoms with Crippen LogP contribution in [0.5, 0.6) is 0 Å².